The van der Waals surface area contributed by atoms with Crippen LogP contribution in [0.1, 0.15) is 20.8 Å². The Hall–Kier alpha value is -1.68. The molecule has 0 amide bonds. The van der Waals surface area contributed by atoms with Crippen molar-refractivity contribution in [2.45, 2.75) is 38.8 Å². The highest BCUT2D eigenvalue weighted by Gasteiger charge is 2.77. The summed E-state index contributed by atoms with van der Waals surface area (Å²) in [5.41, 5.74) is -1.51. The van der Waals surface area contributed by atoms with Crippen molar-refractivity contribution in [3.05, 3.63) is 0 Å². The fourth-order valence-electron chi connectivity index (χ4n) is 0.807. The number of hydrogen-bond acceptors (Lipinski definition) is 4. The van der Waals surface area contributed by atoms with Gasteiger partial charge in [0.25, 0.3) is 0 Å². The number of hydrogen-bond donors (Lipinski definition) is 0. The number of ether oxygens (including phenoxy) is 1. The van der Waals surface area contributed by atoms with Crippen molar-refractivity contribution in [2.24, 2.45) is 5.41 Å². The van der Waals surface area contributed by atoms with Crippen LogP contribution in [0.4, 0.5) is 30.7 Å². The SMILES string of the molecule is CC(C)(C)C(=O)C(=O)OC(=O)C(F)(F)C(F)(F)C(F)(F)F. The molecule has 0 N–H and O–H groups in total. The molecule has 0 aliphatic rings. The van der Waals surface area contributed by atoms with Gasteiger partial charge in [-0.3, -0.25) is 4.79 Å². The third kappa shape index (κ3) is 3.70. The molecular weight excluding hydrogens is 317 g/mol. The maximum absolute atomic E-state index is 12.8. The molecule has 4 nitrogen and oxygen atoms in total. The summed E-state index contributed by atoms with van der Waals surface area (Å²) in [6.45, 7) is 3.30. The molecule has 0 atom stereocenters. The van der Waals surface area contributed by atoms with Crippen molar-refractivity contribution in [1.82, 2.24) is 0 Å². The maximum Gasteiger partial charge on any atom is 0.460 e. The van der Waals surface area contributed by atoms with E-state index in [1.165, 1.54) is 0 Å². The van der Waals surface area contributed by atoms with Crippen molar-refractivity contribution in [2.75, 3.05) is 0 Å². The van der Waals surface area contributed by atoms with Crippen LogP contribution in [-0.2, 0) is 19.1 Å². The zero-order chi connectivity index (χ0) is 17.4. The van der Waals surface area contributed by atoms with Crippen LogP contribution in [0.25, 0.3) is 0 Å². The molecule has 0 aromatic rings. The number of rotatable bonds is 3. The van der Waals surface area contributed by atoms with Gasteiger partial charge in [-0.05, 0) is 0 Å². The summed E-state index contributed by atoms with van der Waals surface area (Å²) < 4.78 is 89.0. The van der Waals surface area contributed by atoms with E-state index in [-0.39, 0.29) is 0 Å². The number of halogens is 7. The molecule has 11 heteroatoms. The van der Waals surface area contributed by atoms with Gasteiger partial charge in [-0.15, -0.1) is 0 Å². The summed E-state index contributed by atoms with van der Waals surface area (Å²) in [5.74, 6) is -20.4. The first-order valence-electron chi connectivity index (χ1n) is 5.09. The summed E-state index contributed by atoms with van der Waals surface area (Å²) in [6.07, 6.45) is -6.76. The van der Waals surface area contributed by atoms with E-state index in [2.05, 4.69) is 4.74 Å². The fourth-order valence-corrected chi connectivity index (χ4v) is 0.807. The van der Waals surface area contributed by atoms with Crippen molar-refractivity contribution in [3.63, 3.8) is 0 Å². The van der Waals surface area contributed by atoms with E-state index in [1.807, 2.05) is 0 Å². The van der Waals surface area contributed by atoms with Gasteiger partial charge >= 0.3 is 30.0 Å². The largest absolute Gasteiger partial charge is 0.460 e. The molecule has 0 bridgehead atoms. The van der Waals surface area contributed by atoms with E-state index >= 15 is 0 Å². The predicted octanol–water partition coefficient (Wildman–Crippen LogP) is 2.50. The van der Waals surface area contributed by atoms with Gasteiger partial charge in [0.15, 0.2) is 0 Å². The predicted molar refractivity (Wildman–Crippen MR) is 51.5 cm³/mol. The quantitative estimate of drug-likeness (QED) is 0.346. The van der Waals surface area contributed by atoms with Gasteiger partial charge in [-0.25, -0.2) is 9.59 Å². The molecule has 0 aliphatic carbocycles. The van der Waals surface area contributed by atoms with Crippen molar-refractivity contribution in [1.29, 1.82) is 0 Å². The van der Waals surface area contributed by atoms with Crippen LogP contribution in [-0.4, -0.2) is 35.7 Å². The van der Waals surface area contributed by atoms with E-state index in [0.717, 1.165) is 20.8 Å². The van der Waals surface area contributed by atoms with Gasteiger partial charge in [0.2, 0.25) is 5.78 Å². The highest BCUT2D eigenvalue weighted by molar-refractivity contribution is 6.37. The first-order chi connectivity index (χ1) is 8.96. The van der Waals surface area contributed by atoms with E-state index in [1.54, 1.807) is 0 Å². The van der Waals surface area contributed by atoms with E-state index in [0.29, 0.717) is 0 Å². The van der Waals surface area contributed by atoms with Gasteiger partial charge < -0.3 is 4.74 Å². The summed E-state index contributed by atoms with van der Waals surface area (Å²) in [4.78, 5) is 32.8. The number of esters is 2. The second kappa shape index (κ2) is 5.26. The van der Waals surface area contributed by atoms with E-state index in [4.69, 9.17) is 0 Å². The van der Waals surface area contributed by atoms with Crippen LogP contribution in [0, 0.1) is 5.41 Å². The minimum Gasteiger partial charge on any atom is -0.383 e. The Balaban J connectivity index is 5.29. The third-order valence-electron chi connectivity index (χ3n) is 2.06. The van der Waals surface area contributed by atoms with Crippen molar-refractivity contribution < 1.29 is 49.9 Å². The van der Waals surface area contributed by atoms with Gasteiger partial charge in [-0.2, -0.15) is 30.7 Å². The van der Waals surface area contributed by atoms with Gasteiger partial charge in [0, 0.05) is 5.41 Å². The van der Waals surface area contributed by atoms with Crippen LogP contribution >= 0.6 is 0 Å². The molecule has 21 heavy (non-hydrogen) atoms. The maximum atomic E-state index is 12.8. The average Bonchev–Trinajstić information content (AvgIpc) is 2.24. The molecule has 0 aromatic heterocycles. The molecule has 0 heterocycles. The van der Waals surface area contributed by atoms with E-state index in [9.17, 15) is 45.1 Å². The monoisotopic (exact) mass is 326 g/mol. The Kier molecular flexibility index (Phi) is 4.84. The summed E-state index contributed by atoms with van der Waals surface area (Å²) in [7, 11) is 0. The molecule has 0 spiro atoms. The minimum absolute atomic E-state index is 1.10. The third-order valence-corrected chi connectivity index (χ3v) is 2.06. The first-order valence-corrected chi connectivity index (χ1v) is 5.09. The van der Waals surface area contributed by atoms with Crippen LogP contribution in [0.3, 0.4) is 0 Å². The number of ketones is 1. The van der Waals surface area contributed by atoms with Crippen LogP contribution in [0.15, 0.2) is 0 Å². The fraction of sp³-hybridized carbons (Fsp3) is 0.700. The molecule has 0 aliphatic heterocycles. The van der Waals surface area contributed by atoms with Gasteiger partial charge in [0.05, 0.1) is 0 Å². The van der Waals surface area contributed by atoms with Gasteiger partial charge in [-0.1, -0.05) is 20.8 Å². The Morgan fingerprint density at radius 3 is 1.48 bits per heavy atom. The second-order valence-corrected chi connectivity index (χ2v) is 4.90. The Labute approximate surface area is 113 Å². The van der Waals surface area contributed by atoms with Crippen LogP contribution < -0.4 is 0 Å². The van der Waals surface area contributed by atoms with E-state index < -0.39 is 41.2 Å². The Morgan fingerprint density at radius 2 is 1.19 bits per heavy atom. The highest BCUT2D eigenvalue weighted by atomic mass is 19.4. The van der Waals surface area contributed by atoms with Crippen molar-refractivity contribution in [3.8, 4) is 0 Å². The first kappa shape index (κ1) is 19.3. The molecule has 0 rings (SSSR count). The summed E-state index contributed by atoms with van der Waals surface area (Å²) in [5, 5.41) is 0. The number of carbonyl (C=O) groups is 3. The normalized spacial score (nSPS) is 13.8. The zero-order valence-corrected chi connectivity index (χ0v) is 10.8. The lowest BCUT2D eigenvalue weighted by Crippen LogP contribution is -2.57. The molecular formula is C10H9F7O4. The molecule has 0 saturated heterocycles. The number of alkyl halides is 7. The van der Waals surface area contributed by atoms with Crippen molar-refractivity contribution >= 4 is 17.7 Å². The Bertz CT molecular complexity index is 459. The van der Waals surface area contributed by atoms with Crippen LogP contribution in [0.2, 0.25) is 0 Å². The zero-order valence-electron chi connectivity index (χ0n) is 10.8. The van der Waals surface area contributed by atoms with Gasteiger partial charge in [0.1, 0.15) is 0 Å². The molecule has 0 aromatic carbocycles. The number of Topliss-reactive ketones (excluding diaryl/α,β-unsaturated/α-hetero) is 1. The molecule has 122 valence electrons. The lowest BCUT2D eigenvalue weighted by molar-refractivity contribution is -0.347. The molecule has 0 saturated carbocycles. The standard InChI is InChI=1S/C10H9F7O4/c1-7(2,3)4(18)5(19)21-6(20)8(11,12)9(13,14)10(15,16)17/h1-3H3. The summed E-state index contributed by atoms with van der Waals surface area (Å²) in [6, 6.07) is 0. The lowest BCUT2D eigenvalue weighted by atomic mass is 9.91. The second-order valence-electron chi connectivity index (χ2n) is 4.90. The summed E-state index contributed by atoms with van der Waals surface area (Å²) >= 11 is 0. The highest BCUT2D eigenvalue weighted by Crippen LogP contribution is 2.47. The minimum atomic E-state index is -6.76. The number of carbonyl (C=O) groups excluding carboxylic acids is 3. The lowest BCUT2D eigenvalue weighted by Gasteiger charge is -2.26. The average molecular weight is 326 g/mol. The molecule has 0 unspecified atom stereocenters. The smallest absolute Gasteiger partial charge is 0.383 e. The van der Waals surface area contributed by atoms with Crippen LogP contribution in [0.5, 0.6) is 0 Å². The Morgan fingerprint density at radius 1 is 0.810 bits per heavy atom. The topological polar surface area (TPSA) is 60.4 Å². The molecule has 0 fully saturated rings. The molecule has 0 radical (unpaired) electrons.